The molecule has 0 unspecified atom stereocenters. The predicted octanol–water partition coefficient (Wildman–Crippen LogP) is 4.15. The van der Waals surface area contributed by atoms with Gasteiger partial charge in [0.15, 0.2) is 0 Å². The molecule has 0 bridgehead atoms. The zero-order valence-electron chi connectivity index (χ0n) is 17.3. The van der Waals surface area contributed by atoms with E-state index < -0.39 is 10.0 Å². The number of anilines is 1. The Balaban J connectivity index is 1.43. The molecule has 0 radical (unpaired) electrons. The van der Waals surface area contributed by atoms with Crippen LogP contribution in [0.5, 0.6) is 0 Å². The summed E-state index contributed by atoms with van der Waals surface area (Å²) in [5.41, 5.74) is 2.61. The van der Waals surface area contributed by atoms with Crippen molar-refractivity contribution in [3.05, 3.63) is 65.7 Å². The van der Waals surface area contributed by atoms with Gasteiger partial charge in [0, 0.05) is 18.7 Å². The fourth-order valence-electron chi connectivity index (χ4n) is 4.37. The number of sulfonamides is 1. The maximum atomic E-state index is 13.1. The Morgan fingerprint density at radius 1 is 1.07 bits per heavy atom. The van der Waals surface area contributed by atoms with E-state index >= 15 is 0 Å². The van der Waals surface area contributed by atoms with Crippen LogP contribution in [0.15, 0.2) is 59.5 Å². The number of fused-ring (bicyclic) bond motifs is 1. The van der Waals surface area contributed by atoms with Crippen molar-refractivity contribution in [2.45, 2.75) is 50.0 Å². The van der Waals surface area contributed by atoms with Crippen molar-refractivity contribution < 1.29 is 13.2 Å². The lowest BCUT2D eigenvalue weighted by Crippen LogP contribution is -2.40. The molecule has 4 rings (SSSR count). The van der Waals surface area contributed by atoms with E-state index in [0.717, 1.165) is 42.5 Å². The van der Waals surface area contributed by atoms with Crippen molar-refractivity contribution in [2.75, 3.05) is 10.8 Å². The summed E-state index contributed by atoms with van der Waals surface area (Å²) in [6.45, 7) is 2.65. The number of hydrogen-bond donors (Lipinski definition) is 1. The molecule has 2 aromatic rings. The number of benzene rings is 2. The highest BCUT2D eigenvalue weighted by molar-refractivity contribution is 7.92. The van der Waals surface area contributed by atoms with Crippen LogP contribution in [-0.4, -0.2) is 26.9 Å². The lowest BCUT2D eigenvalue weighted by molar-refractivity contribution is -0.117. The molecular weight excluding hydrogens is 396 g/mol. The number of amides is 1. The molecule has 30 heavy (non-hydrogen) atoms. The molecule has 1 aliphatic carbocycles. The van der Waals surface area contributed by atoms with Crippen LogP contribution in [-0.2, 0) is 21.2 Å². The average Bonchev–Trinajstić information content (AvgIpc) is 3.19. The van der Waals surface area contributed by atoms with E-state index in [2.05, 4.69) is 12.2 Å². The summed E-state index contributed by atoms with van der Waals surface area (Å²) >= 11 is 0. The van der Waals surface area contributed by atoms with Gasteiger partial charge in [0.1, 0.15) is 0 Å². The number of rotatable bonds is 5. The molecule has 0 aromatic heterocycles. The molecule has 1 amide bonds. The zero-order valence-corrected chi connectivity index (χ0v) is 18.1. The topological polar surface area (TPSA) is 66.5 Å². The molecule has 5 nitrogen and oxygen atoms in total. The van der Waals surface area contributed by atoms with Crippen LogP contribution in [0.4, 0.5) is 5.69 Å². The van der Waals surface area contributed by atoms with E-state index in [9.17, 15) is 13.2 Å². The van der Waals surface area contributed by atoms with E-state index in [-0.39, 0.29) is 16.8 Å². The first-order valence-electron chi connectivity index (χ1n) is 10.6. The van der Waals surface area contributed by atoms with Crippen LogP contribution in [0.1, 0.15) is 43.7 Å². The Kier molecular flexibility index (Phi) is 5.95. The van der Waals surface area contributed by atoms with E-state index in [1.807, 2.05) is 24.3 Å². The minimum Gasteiger partial charge on any atom is -0.350 e. The summed E-state index contributed by atoms with van der Waals surface area (Å²) in [5, 5.41) is 3.09. The van der Waals surface area contributed by atoms with Crippen molar-refractivity contribution in [3.63, 3.8) is 0 Å². The minimum absolute atomic E-state index is 0.0980. The molecule has 1 N–H and O–H groups in total. The molecule has 2 aromatic carbocycles. The number of nitrogens with zero attached hydrogens (tertiary/aromatic N) is 1. The van der Waals surface area contributed by atoms with Gasteiger partial charge in [-0.25, -0.2) is 8.42 Å². The second-order valence-corrected chi connectivity index (χ2v) is 10.1. The highest BCUT2D eigenvalue weighted by atomic mass is 32.2. The van der Waals surface area contributed by atoms with Crippen LogP contribution in [0.3, 0.4) is 0 Å². The van der Waals surface area contributed by atoms with E-state index in [4.69, 9.17) is 0 Å². The average molecular weight is 425 g/mol. The van der Waals surface area contributed by atoms with Gasteiger partial charge in [0.05, 0.1) is 10.6 Å². The third-order valence-corrected chi connectivity index (χ3v) is 8.01. The highest BCUT2D eigenvalue weighted by Crippen LogP contribution is 2.32. The molecule has 0 spiro atoms. The first kappa shape index (κ1) is 20.7. The lowest BCUT2D eigenvalue weighted by Gasteiger charge is -2.29. The summed E-state index contributed by atoms with van der Waals surface area (Å²) in [6.07, 6.45) is 8.58. The van der Waals surface area contributed by atoms with E-state index in [1.54, 1.807) is 30.3 Å². The van der Waals surface area contributed by atoms with Gasteiger partial charge in [-0.15, -0.1) is 0 Å². The van der Waals surface area contributed by atoms with Gasteiger partial charge in [-0.05, 0) is 60.6 Å². The molecule has 6 heteroatoms. The third kappa shape index (κ3) is 4.29. The Labute approximate surface area is 178 Å². The normalized spacial score (nSPS) is 21.6. The van der Waals surface area contributed by atoms with Crippen LogP contribution in [0.2, 0.25) is 0 Å². The Morgan fingerprint density at radius 3 is 2.57 bits per heavy atom. The molecule has 158 valence electrons. The number of carbonyl (C=O) groups excluding carboxylic acids is 1. The first-order valence-corrected chi connectivity index (χ1v) is 12.1. The third-order valence-electron chi connectivity index (χ3n) is 6.18. The molecule has 2 aliphatic rings. The fourth-order valence-corrected chi connectivity index (χ4v) is 5.87. The van der Waals surface area contributed by atoms with E-state index in [0.29, 0.717) is 12.5 Å². The SMILES string of the molecule is C[C@@H]1CCCC[C@@H]1NC(=O)/C=C/c1ccc(S(=O)(=O)N2CCc3ccccc32)cc1. The van der Waals surface area contributed by atoms with Crippen LogP contribution in [0.25, 0.3) is 6.08 Å². The minimum atomic E-state index is -3.60. The Morgan fingerprint density at radius 2 is 1.80 bits per heavy atom. The number of para-hydroxylation sites is 1. The van der Waals surface area contributed by atoms with Gasteiger partial charge < -0.3 is 5.32 Å². The fraction of sp³-hybridized carbons (Fsp3) is 0.375. The molecule has 0 saturated heterocycles. The smallest absolute Gasteiger partial charge is 0.264 e. The van der Waals surface area contributed by atoms with Crippen LogP contribution in [0, 0.1) is 5.92 Å². The van der Waals surface area contributed by atoms with Crippen molar-refractivity contribution in [3.8, 4) is 0 Å². The lowest BCUT2D eigenvalue weighted by atomic mass is 9.86. The van der Waals surface area contributed by atoms with Crippen LogP contribution >= 0.6 is 0 Å². The summed E-state index contributed by atoms with van der Waals surface area (Å²) < 4.78 is 27.6. The summed E-state index contributed by atoms with van der Waals surface area (Å²) in [4.78, 5) is 12.5. The zero-order chi connectivity index (χ0) is 21.1. The van der Waals surface area contributed by atoms with Gasteiger partial charge in [-0.1, -0.05) is 50.1 Å². The van der Waals surface area contributed by atoms with Crippen LogP contribution < -0.4 is 9.62 Å². The summed E-state index contributed by atoms with van der Waals surface area (Å²) in [6, 6.07) is 14.5. The summed E-state index contributed by atoms with van der Waals surface area (Å²) in [5.74, 6) is 0.412. The quantitative estimate of drug-likeness (QED) is 0.734. The maximum Gasteiger partial charge on any atom is 0.264 e. The highest BCUT2D eigenvalue weighted by Gasteiger charge is 2.30. The first-order chi connectivity index (χ1) is 14.4. The second-order valence-electron chi connectivity index (χ2n) is 8.24. The van der Waals surface area contributed by atoms with Crippen molar-refractivity contribution in [2.24, 2.45) is 5.92 Å². The van der Waals surface area contributed by atoms with Gasteiger partial charge >= 0.3 is 0 Å². The molecule has 1 heterocycles. The standard InChI is InChI=1S/C24H28N2O3S/c1-18-6-2-4-8-22(18)25-24(27)15-12-19-10-13-21(14-11-19)30(28,29)26-17-16-20-7-3-5-9-23(20)26/h3,5,7,9-15,18,22H,2,4,6,8,16-17H2,1H3,(H,25,27)/b15-12+/t18-,22+/m1/s1. The molecule has 1 aliphatic heterocycles. The molecule has 1 saturated carbocycles. The molecule has 2 atom stereocenters. The van der Waals surface area contributed by atoms with Gasteiger partial charge in [-0.3, -0.25) is 9.10 Å². The molecular formula is C24H28N2O3S. The molecule has 1 fully saturated rings. The maximum absolute atomic E-state index is 13.1. The monoisotopic (exact) mass is 424 g/mol. The van der Waals surface area contributed by atoms with Crippen molar-refractivity contribution in [1.29, 1.82) is 0 Å². The summed E-state index contributed by atoms with van der Waals surface area (Å²) in [7, 11) is -3.60. The van der Waals surface area contributed by atoms with Gasteiger partial charge in [-0.2, -0.15) is 0 Å². The van der Waals surface area contributed by atoms with Gasteiger partial charge in [0.2, 0.25) is 5.91 Å². The Hall–Kier alpha value is -2.60. The van der Waals surface area contributed by atoms with E-state index in [1.165, 1.54) is 16.8 Å². The largest absolute Gasteiger partial charge is 0.350 e. The van der Waals surface area contributed by atoms with Gasteiger partial charge in [0.25, 0.3) is 10.0 Å². The predicted molar refractivity (Wildman–Crippen MR) is 120 cm³/mol. The second kappa shape index (κ2) is 8.64. The Bertz CT molecular complexity index is 1040. The number of carbonyl (C=O) groups is 1. The number of hydrogen-bond acceptors (Lipinski definition) is 3. The van der Waals surface area contributed by atoms with Crippen molar-refractivity contribution >= 4 is 27.7 Å². The number of nitrogens with one attached hydrogen (secondary N) is 1. The van der Waals surface area contributed by atoms with Crippen molar-refractivity contribution in [1.82, 2.24) is 5.32 Å².